The first-order valence-corrected chi connectivity index (χ1v) is 9.41. The standard InChI is InChI=1S/C22H19F4NO4/c1-4-7-22(3,21(30)31)17-10(2)27(15-9-14(25)19(28)18(26)16(15)17)20(29)11-5-6-12(23)13(24)8-11/h5-6,8-9,28H,4,7H2,1-3H3,(H,30,31)/t22-/m1/s1. The van der Waals surface area contributed by atoms with Crippen molar-refractivity contribution in [1.82, 2.24) is 4.57 Å². The zero-order valence-corrected chi connectivity index (χ0v) is 16.9. The molecule has 1 heterocycles. The van der Waals surface area contributed by atoms with Crippen LogP contribution in [0.15, 0.2) is 24.3 Å². The molecule has 164 valence electrons. The van der Waals surface area contributed by atoms with Crippen molar-refractivity contribution in [1.29, 1.82) is 0 Å². The Morgan fingerprint density at radius 1 is 1.06 bits per heavy atom. The molecule has 0 unspecified atom stereocenters. The Labute approximate surface area is 174 Å². The summed E-state index contributed by atoms with van der Waals surface area (Å²) in [5.74, 6) is -8.81. The molecular formula is C22H19F4NO4. The van der Waals surface area contributed by atoms with Gasteiger partial charge in [0.15, 0.2) is 29.0 Å². The summed E-state index contributed by atoms with van der Waals surface area (Å²) in [6.07, 6.45) is 0.445. The Bertz CT molecular complexity index is 1230. The fourth-order valence-electron chi connectivity index (χ4n) is 4.02. The minimum atomic E-state index is -1.68. The highest BCUT2D eigenvalue weighted by atomic mass is 19.2. The third-order valence-corrected chi connectivity index (χ3v) is 5.50. The maximum absolute atomic E-state index is 15.0. The molecule has 0 radical (unpaired) electrons. The fraction of sp³-hybridized carbons (Fsp3) is 0.273. The van der Waals surface area contributed by atoms with Crippen LogP contribution >= 0.6 is 0 Å². The number of carbonyl (C=O) groups is 2. The molecule has 2 aromatic carbocycles. The molecule has 0 aliphatic heterocycles. The van der Waals surface area contributed by atoms with Crippen molar-refractivity contribution in [2.24, 2.45) is 0 Å². The number of hydrogen-bond donors (Lipinski definition) is 2. The molecule has 0 saturated heterocycles. The Morgan fingerprint density at radius 3 is 2.26 bits per heavy atom. The molecule has 0 bridgehead atoms. The van der Waals surface area contributed by atoms with Crippen molar-refractivity contribution in [3.63, 3.8) is 0 Å². The molecule has 31 heavy (non-hydrogen) atoms. The number of fused-ring (bicyclic) bond motifs is 1. The zero-order valence-electron chi connectivity index (χ0n) is 16.9. The average molecular weight is 437 g/mol. The van der Waals surface area contributed by atoms with Crippen molar-refractivity contribution in [2.45, 2.75) is 39.0 Å². The van der Waals surface area contributed by atoms with Crippen LogP contribution in [0, 0.1) is 30.2 Å². The monoisotopic (exact) mass is 437 g/mol. The Balaban J connectivity index is 2.46. The van der Waals surface area contributed by atoms with Gasteiger partial charge in [-0.15, -0.1) is 0 Å². The van der Waals surface area contributed by atoms with Gasteiger partial charge in [-0.2, -0.15) is 0 Å². The van der Waals surface area contributed by atoms with Crippen LogP contribution in [0.2, 0.25) is 0 Å². The van der Waals surface area contributed by atoms with E-state index in [1.807, 2.05) is 0 Å². The first-order chi connectivity index (χ1) is 14.5. The second-order valence-corrected chi connectivity index (χ2v) is 7.53. The molecule has 1 aromatic heterocycles. The number of rotatable bonds is 5. The highest BCUT2D eigenvalue weighted by Gasteiger charge is 2.41. The lowest BCUT2D eigenvalue weighted by atomic mass is 9.77. The van der Waals surface area contributed by atoms with Gasteiger partial charge in [-0.25, -0.2) is 17.6 Å². The molecule has 1 atom stereocenters. The molecule has 0 aliphatic carbocycles. The second kappa shape index (κ2) is 7.72. The summed E-state index contributed by atoms with van der Waals surface area (Å²) in [6.45, 7) is 4.40. The van der Waals surface area contributed by atoms with Crippen molar-refractivity contribution in [3.8, 4) is 5.75 Å². The lowest BCUT2D eigenvalue weighted by Crippen LogP contribution is -2.33. The lowest BCUT2D eigenvalue weighted by molar-refractivity contribution is -0.143. The van der Waals surface area contributed by atoms with Crippen LogP contribution < -0.4 is 0 Å². The van der Waals surface area contributed by atoms with Gasteiger partial charge in [0, 0.05) is 28.3 Å². The van der Waals surface area contributed by atoms with E-state index >= 15 is 4.39 Å². The summed E-state index contributed by atoms with van der Waals surface area (Å²) in [6, 6.07) is 3.08. The number of nitrogens with zero attached hydrogens (tertiary/aromatic N) is 1. The number of aromatic nitrogens is 1. The number of carbonyl (C=O) groups excluding carboxylic acids is 1. The Kier molecular flexibility index (Phi) is 5.56. The third-order valence-electron chi connectivity index (χ3n) is 5.50. The van der Waals surface area contributed by atoms with E-state index in [0.717, 1.165) is 16.7 Å². The number of benzene rings is 2. The van der Waals surface area contributed by atoms with Crippen LogP contribution in [0.1, 0.15) is 48.3 Å². The van der Waals surface area contributed by atoms with Gasteiger partial charge in [-0.1, -0.05) is 13.3 Å². The van der Waals surface area contributed by atoms with E-state index in [1.165, 1.54) is 13.8 Å². The number of aliphatic carboxylic acids is 1. The highest BCUT2D eigenvalue weighted by Crippen LogP contribution is 2.43. The van der Waals surface area contributed by atoms with Crippen molar-refractivity contribution < 1.29 is 37.4 Å². The van der Waals surface area contributed by atoms with Gasteiger partial charge in [-0.05, 0) is 38.5 Å². The second-order valence-electron chi connectivity index (χ2n) is 7.53. The number of halogens is 4. The largest absolute Gasteiger partial charge is 0.503 e. The summed E-state index contributed by atoms with van der Waals surface area (Å²) in [5.41, 5.74) is -2.46. The molecule has 0 amide bonds. The summed E-state index contributed by atoms with van der Waals surface area (Å²) in [7, 11) is 0. The molecule has 9 heteroatoms. The molecule has 5 nitrogen and oxygen atoms in total. The van der Waals surface area contributed by atoms with E-state index in [1.54, 1.807) is 6.92 Å². The normalized spacial score (nSPS) is 13.4. The number of phenolic OH excluding ortho intramolecular Hbond substituents is 1. The quantitative estimate of drug-likeness (QED) is 0.548. The maximum Gasteiger partial charge on any atom is 0.313 e. The van der Waals surface area contributed by atoms with Gasteiger partial charge in [0.05, 0.1) is 10.9 Å². The summed E-state index contributed by atoms with van der Waals surface area (Å²) in [4.78, 5) is 25.3. The minimum absolute atomic E-state index is 0.0213. The molecule has 0 saturated carbocycles. The first-order valence-electron chi connectivity index (χ1n) is 9.41. The number of aromatic hydroxyl groups is 1. The van der Waals surface area contributed by atoms with E-state index in [-0.39, 0.29) is 28.8 Å². The van der Waals surface area contributed by atoms with Gasteiger partial charge in [-0.3, -0.25) is 14.2 Å². The lowest BCUT2D eigenvalue weighted by Gasteiger charge is -2.25. The van der Waals surface area contributed by atoms with E-state index in [9.17, 15) is 33.0 Å². The predicted octanol–water partition coefficient (Wildman–Crippen LogP) is 5.04. The first kappa shape index (κ1) is 22.3. The molecule has 0 aliphatic rings. The smallest absolute Gasteiger partial charge is 0.313 e. The van der Waals surface area contributed by atoms with Crippen molar-refractivity contribution in [2.75, 3.05) is 0 Å². The zero-order chi connectivity index (χ0) is 23.2. The SMILES string of the molecule is CCC[C@@](C)(C(=O)O)c1c(C)n(C(=O)c2ccc(F)c(F)c2)c2cc(F)c(O)c(F)c12. The number of hydrogen-bond acceptors (Lipinski definition) is 3. The molecule has 3 aromatic rings. The minimum Gasteiger partial charge on any atom is -0.503 e. The maximum atomic E-state index is 15.0. The van der Waals surface area contributed by atoms with Crippen LogP contribution in [0.4, 0.5) is 17.6 Å². The fourth-order valence-corrected chi connectivity index (χ4v) is 4.02. The summed E-state index contributed by atoms with van der Waals surface area (Å²) >= 11 is 0. The van der Waals surface area contributed by atoms with Crippen LogP contribution in [-0.4, -0.2) is 26.7 Å². The van der Waals surface area contributed by atoms with Crippen LogP contribution in [0.5, 0.6) is 5.75 Å². The van der Waals surface area contributed by atoms with Gasteiger partial charge < -0.3 is 10.2 Å². The van der Waals surface area contributed by atoms with Gasteiger partial charge in [0.2, 0.25) is 0 Å². The third kappa shape index (κ3) is 3.34. The van der Waals surface area contributed by atoms with E-state index in [2.05, 4.69) is 0 Å². The average Bonchev–Trinajstić information content (AvgIpc) is 3.00. The van der Waals surface area contributed by atoms with Gasteiger partial charge in [0.1, 0.15) is 0 Å². The van der Waals surface area contributed by atoms with Crippen molar-refractivity contribution in [3.05, 3.63) is 64.4 Å². The van der Waals surface area contributed by atoms with Gasteiger partial charge in [0.25, 0.3) is 5.91 Å². The molecule has 0 fully saturated rings. The topological polar surface area (TPSA) is 79.5 Å². The molecular weight excluding hydrogens is 418 g/mol. The van der Waals surface area contributed by atoms with Crippen LogP contribution in [0.25, 0.3) is 10.9 Å². The summed E-state index contributed by atoms with van der Waals surface area (Å²) < 4.78 is 57.0. The number of carboxylic acids is 1. The highest BCUT2D eigenvalue weighted by molar-refractivity contribution is 6.06. The predicted molar refractivity (Wildman–Crippen MR) is 104 cm³/mol. The van der Waals surface area contributed by atoms with E-state index < -0.39 is 51.7 Å². The van der Waals surface area contributed by atoms with Crippen molar-refractivity contribution >= 4 is 22.8 Å². The van der Waals surface area contributed by atoms with Crippen LogP contribution in [0.3, 0.4) is 0 Å². The van der Waals surface area contributed by atoms with E-state index in [0.29, 0.717) is 18.6 Å². The number of phenols is 1. The molecule has 2 N–H and O–H groups in total. The molecule has 3 rings (SSSR count). The van der Waals surface area contributed by atoms with E-state index in [4.69, 9.17) is 0 Å². The van der Waals surface area contributed by atoms with Gasteiger partial charge >= 0.3 is 5.97 Å². The Morgan fingerprint density at radius 2 is 1.71 bits per heavy atom. The Hall–Kier alpha value is -3.36. The molecule has 0 spiro atoms. The van der Waals surface area contributed by atoms with Crippen LogP contribution in [-0.2, 0) is 10.2 Å². The summed E-state index contributed by atoms with van der Waals surface area (Å²) in [5, 5.41) is 19.3. The number of carboxylic acid groups (broad SMARTS) is 1.